The summed E-state index contributed by atoms with van der Waals surface area (Å²) in [5.41, 5.74) is 1.30. The summed E-state index contributed by atoms with van der Waals surface area (Å²) in [5.74, 6) is 2.52. The van der Waals surface area contributed by atoms with E-state index in [1.807, 2.05) is 7.05 Å². The van der Waals surface area contributed by atoms with Gasteiger partial charge in [-0.15, -0.1) is 24.0 Å². The second-order valence-electron chi connectivity index (χ2n) is 6.68. The van der Waals surface area contributed by atoms with Gasteiger partial charge in [0.25, 0.3) is 0 Å². The van der Waals surface area contributed by atoms with Crippen LogP contribution in [0.25, 0.3) is 0 Å². The lowest BCUT2D eigenvalue weighted by molar-refractivity contribution is 0.181. The van der Waals surface area contributed by atoms with E-state index in [1.165, 1.54) is 5.56 Å². The van der Waals surface area contributed by atoms with Crippen LogP contribution in [0.2, 0.25) is 0 Å². The molecule has 1 N–H and O–H groups in total. The maximum atomic E-state index is 5.70. The normalized spacial score (nSPS) is 16.9. The van der Waals surface area contributed by atoms with Crippen molar-refractivity contribution in [2.75, 3.05) is 47.0 Å². The van der Waals surface area contributed by atoms with Gasteiger partial charge in [0.15, 0.2) is 5.96 Å². The number of rotatable bonds is 9. The Kier molecular flexibility index (Phi) is 11.7. The van der Waals surface area contributed by atoms with Gasteiger partial charge < -0.3 is 19.7 Å². The van der Waals surface area contributed by atoms with Gasteiger partial charge in [0.05, 0.1) is 13.2 Å². The summed E-state index contributed by atoms with van der Waals surface area (Å²) in [5, 5.41) is 3.45. The van der Waals surface area contributed by atoms with Crippen molar-refractivity contribution >= 4 is 29.9 Å². The molecule has 1 fully saturated rings. The molecule has 0 aromatic heterocycles. The molecular formula is C20H34IN3O2. The first-order chi connectivity index (χ1) is 12.2. The van der Waals surface area contributed by atoms with Gasteiger partial charge in [-0.25, -0.2) is 0 Å². The van der Waals surface area contributed by atoms with Crippen LogP contribution in [0.1, 0.15) is 31.7 Å². The van der Waals surface area contributed by atoms with E-state index < -0.39 is 0 Å². The summed E-state index contributed by atoms with van der Waals surface area (Å²) >= 11 is 0. The first kappa shape index (κ1) is 23.0. The van der Waals surface area contributed by atoms with Crippen molar-refractivity contribution in [1.82, 2.24) is 10.2 Å². The van der Waals surface area contributed by atoms with E-state index >= 15 is 0 Å². The summed E-state index contributed by atoms with van der Waals surface area (Å²) in [4.78, 5) is 6.59. The number of unbranched alkanes of at least 4 members (excludes halogenated alkanes) is 1. The van der Waals surface area contributed by atoms with E-state index in [-0.39, 0.29) is 24.0 Å². The molecule has 1 aromatic carbocycles. The van der Waals surface area contributed by atoms with Gasteiger partial charge in [-0.05, 0) is 37.0 Å². The third-order valence-electron chi connectivity index (χ3n) is 4.52. The van der Waals surface area contributed by atoms with Crippen LogP contribution < -0.4 is 10.1 Å². The molecule has 1 aliphatic heterocycles. The molecule has 0 saturated carbocycles. The minimum absolute atomic E-state index is 0. The Balaban J connectivity index is 0.00000338. The van der Waals surface area contributed by atoms with Crippen molar-refractivity contribution in [3.05, 3.63) is 29.8 Å². The van der Waals surface area contributed by atoms with Gasteiger partial charge in [-0.2, -0.15) is 0 Å². The molecule has 1 aromatic rings. The molecule has 0 radical (unpaired) electrons. The fourth-order valence-electron chi connectivity index (χ4n) is 2.99. The molecule has 1 saturated heterocycles. The van der Waals surface area contributed by atoms with Gasteiger partial charge in [-0.3, -0.25) is 4.99 Å². The van der Waals surface area contributed by atoms with Crippen molar-refractivity contribution in [3.63, 3.8) is 0 Å². The van der Waals surface area contributed by atoms with Gasteiger partial charge in [0, 0.05) is 39.7 Å². The molecule has 26 heavy (non-hydrogen) atoms. The minimum atomic E-state index is 0. The van der Waals surface area contributed by atoms with Crippen LogP contribution in [0.5, 0.6) is 5.75 Å². The molecule has 6 heteroatoms. The summed E-state index contributed by atoms with van der Waals surface area (Å²) in [6.45, 7) is 6.59. The highest BCUT2D eigenvalue weighted by Crippen LogP contribution is 2.14. The lowest BCUT2D eigenvalue weighted by atomic mass is 10.1. The Morgan fingerprint density at radius 1 is 1.35 bits per heavy atom. The third kappa shape index (κ3) is 8.12. The standard InChI is InChI=1S/C20H33N3O2.HI/c1-4-5-13-25-19-8-6-17(7-9-19)10-12-22-20(21-2)23(3)15-18-11-14-24-16-18;/h6-9,18H,4-5,10-16H2,1-3H3,(H,21,22);1H. The maximum Gasteiger partial charge on any atom is 0.193 e. The molecule has 148 valence electrons. The Morgan fingerprint density at radius 2 is 2.12 bits per heavy atom. The summed E-state index contributed by atoms with van der Waals surface area (Å²) in [6, 6.07) is 8.41. The zero-order valence-corrected chi connectivity index (χ0v) is 18.7. The van der Waals surface area contributed by atoms with E-state index in [4.69, 9.17) is 9.47 Å². The molecule has 1 aliphatic rings. The quantitative estimate of drug-likeness (QED) is 0.257. The number of benzene rings is 1. The molecule has 0 spiro atoms. The van der Waals surface area contributed by atoms with E-state index in [0.29, 0.717) is 5.92 Å². The van der Waals surface area contributed by atoms with Gasteiger partial charge in [0.2, 0.25) is 0 Å². The monoisotopic (exact) mass is 475 g/mol. The van der Waals surface area contributed by atoms with Gasteiger partial charge >= 0.3 is 0 Å². The third-order valence-corrected chi connectivity index (χ3v) is 4.52. The van der Waals surface area contributed by atoms with Crippen LogP contribution in [0.3, 0.4) is 0 Å². The fraction of sp³-hybridized carbons (Fsp3) is 0.650. The molecule has 1 unspecified atom stereocenters. The van der Waals surface area contributed by atoms with Gasteiger partial charge in [-0.1, -0.05) is 25.5 Å². The van der Waals surface area contributed by atoms with Crippen LogP contribution >= 0.6 is 24.0 Å². The largest absolute Gasteiger partial charge is 0.494 e. The van der Waals surface area contributed by atoms with E-state index in [1.54, 1.807) is 0 Å². The topological polar surface area (TPSA) is 46.1 Å². The van der Waals surface area contributed by atoms with Crippen LogP contribution in [0.15, 0.2) is 29.3 Å². The van der Waals surface area contributed by atoms with E-state index in [2.05, 4.69) is 53.4 Å². The number of halogens is 1. The van der Waals surface area contributed by atoms with Crippen molar-refractivity contribution in [2.24, 2.45) is 10.9 Å². The van der Waals surface area contributed by atoms with Gasteiger partial charge in [0.1, 0.15) is 5.75 Å². The Hall–Kier alpha value is -1.02. The number of ether oxygens (including phenoxy) is 2. The zero-order valence-electron chi connectivity index (χ0n) is 16.4. The summed E-state index contributed by atoms with van der Waals surface area (Å²) < 4.78 is 11.2. The average molecular weight is 475 g/mol. The number of guanidine groups is 1. The smallest absolute Gasteiger partial charge is 0.193 e. The number of nitrogens with zero attached hydrogens (tertiary/aromatic N) is 2. The second kappa shape index (κ2) is 13.2. The SMILES string of the molecule is CCCCOc1ccc(CCNC(=NC)N(C)CC2CCOC2)cc1.I. The number of aliphatic imine (C=N–C) groups is 1. The van der Waals surface area contributed by atoms with Crippen molar-refractivity contribution in [3.8, 4) is 5.75 Å². The molecule has 2 rings (SSSR count). The minimum Gasteiger partial charge on any atom is -0.494 e. The number of nitrogens with one attached hydrogen (secondary N) is 1. The first-order valence-electron chi connectivity index (χ1n) is 9.44. The Morgan fingerprint density at radius 3 is 2.73 bits per heavy atom. The zero-order chi connectivity index (χ0) is 17.9. The number of hydrogen-bond acceptors (Lipinski definition) is 3. The van der Waals surface area contributed by atoms with Crippen molar-refractivity contribution in [2.45, 2.75) is 32.6 Å². The maximum absolute atomic E-state index is 5.70. The van der Waals surface area contributed by atoms with Crippen LogP contribution in [-0.2, 0) is 11.2 Å². The Labute approximate surface area is 175 Å². The predicted octanol–water partition coefficient (Wildman–Crippen LogP) is 3.57. The highest BCUT2D eigenvalue weighted by atomic mass is 127. The van der Waals surface area contributed by atoms with E-state index in [9.17, 15) is 0 Å². The lowest BCUT2D eigenvalue weighted by Gasteiger charge is -2.24. The van der Waals surface area contributed by atoms with Crippen LogP contribution in [0, 0.1) is 5.92 Å². The molecule has 1 atom stereocenters. The second-order valence-corrected chi connectivity index (χ2v) is 6.68. The summed E-state index contributed by atoms with van der Waals surface area (Å²) in [7, 11) is 3.93. The molecule has 5 nitrogen and oxygen atoms in total. The van der Waals surface area contributed by atoms with Crippen LogP contribution in [-0.4, -0.2) is 57.9 Å². The predicted molar refractivity (Wildman–Crippen MR) is 119 cm³/mol. The molecule has 1 heterocycles. The van der Waals surface area contributed by atoms with Crippen molar-refractivity contribution < 1.29 is 9.47 Å². The Bertz CT molecular complexity index is 516. The van der Waals surface area contributed by atoms with Crippen molar-refractivity contribution in [1.29, 1.82) is 0 Å². The molecule has 0 amide bonds. The molecule has 0 aliphatic carbocycles. The number of hydrogen-bond donors (Lipinski definition) is 1. The average Bonchev–Trinajstić information content (AvgIpc) is 3.13. The molecule has 0 bridgehead atoms. The summed E-state index contributed by atoms with van der Waals surface area (Å²) in [6.07, 6.45) is 4.38. The van der Waals surface area contributed by atoms with E-state index in [0.717, 1.165) is 70.3 Å². The highest BCUT2D eigenvalue weighted by molar-refractivity contribution is 14.0. The molecular weight excluding hydrogens is 441 g/mol. The fourth-order valence-corrected chi connectivity index (χ4v) is 2.99. The van der Waals surface area contributed by atoms with Crippen LogP contribution in [0.4, 0.5) is 0 Å². The highest BCUT2D eigenvalue weighted by Gasteiger charge is 2.18. The lowest BCUT2D eigenvalue weighted by Crippen LogP contribution is -2.42. The first-order valence-corrected chi connectivity index (χ1v) is 9.44.